The zero-order valence-corrected chi connectivity index (χ0v) is 15.5. The lowest BCUT2D eigenvalue weighted by Crippen LogP contribution is -2.35. The number of rotatable bonds is 5. The van der Waals surface area contributed by atoms with E-state index in [1.807, 2.05) is 24.3 Å². The van der Waals surface area contributed by atoms with Gasteiger partial charge in [0.15, 0.2) is 0 Å². The Balaban J connectivity index is 1.29. The molecule has 0 spiro atoms. The maximum Gasteiger partial charge on any atom is 0.254 e. The molecule has 6 heteroatoms. The zero-order valence-electron chi connectivity index (χ0n) is 15.5. The molecule has 27 heavy (non-hydrogen) atoms. The van der Waals surface area contributed by atoms with Crippen molar-refractivity contribution in [2.24, 2.45) is 5.92 Å². The van der Waals surface area contributed by atoms with Crippen molar-refractivity contribution in [3.63, 3.8) is 0 Å². The van der Waals surface area contributed by atoms with E-state index in [4.69, 9.17) is 13.9 Å². The minimum atomic E-state index is -0.0783. The van der Waals surface area contributed by atoms with Crippen molar-refractivity contribution in [1.29, 1.82) is 0 Å². The second kappa shape index (κ2) is 8.59. The molecular weight excluding hydrogens is 344 g/mol. The predicted molar refractivity (Wildman–Crippen MR) is 101 cm³/mol. The lowest BCUT2D eigenvalue weighted by molar-refractivity contribution is 0.0313. The van der Waals surface area contributed by atoms with Gasteiger partial charge in [-0.05, 0) is 36.5 Å². The SMILES string of the molecule is O=C(NC[C@H]1CCOc2ccccc2C1)c1coc(CN2CCOCC2)c1. The average molecular weight is 370 g/mol. The molecule has 1 saturated heterocycles. The number of para-hydroxylation sites is 1. The van der Waals surface area contributed by atoms with Crippen LogP contribution in [0.15, 0.2) is 41.0 Å². The minimum absolute atomic E-state index is 0.0783. The van der Waals surface area contributed by atoms with Crippen molar-refractivity contribution in [2.75, 3.05) is 39.5 Å². The molecule has 2 aliphatic rings. The number of amides is 1. The summed E-state index contributed by atoms with van der Waals surface area (Å²) in [5, 5.41) is 3.06. The summed E-state index contributed by atoms with van der Waals surface area (Å²) >= 11 is 0. The van der Waals surface area contributed by atoms with E-state index < -0.39 is 0 Å². The fraction of sp³-hybridized carbons (Fsp3) is 0.476. The highest BCUT2D eigenvalue weighted by Gasteiger charge is 2.19. The van der Waals surface area contributed by atoms with Gasteiger partial charge in [0.2, 0.25) is 0 Å². The molecule has 144 valence electrons. The van der Waals surface area contributed by atoms with E-state index in [-0.39, 0.29) is 5.91 Å². The van der Waals surface area contributed by atoms with Gasteiger partial charge in [-0.25, -0.2) is 0 Å². The summed E-state index contributed by atoms with van der Waals surface area (Å²) in [5.74, 6) is 2.08. The molecule has 2 aliphatic heterocycles. The van der Waals surface area contributed by atoms with Crippen LogP contribution in [-0.4, -0.2) is 50.3 Å². The lowest BCUT2D eigenvalue weighted by Gasteiger charge is -2.25. The molecule has 0 unspecified atom stereocenters. The van der Waals surface area contributed by atoms with Crippen LogP contribution in [-0.2, 0) is 17.7 Å². The summed E-state index contributed by atoms with van der Waals surface area (Å²) in [6.45, 7) is 5.34. The number of fused-ring (bicyclic) bond motifs is 1. The van der Waals surface area contributed by atoms with E-state index >= 15 is 0 Å². The molecule has 1 aromatic heterocycles. The Kier molecular flexibility index (Phi) is 5.75. The molecule has 1 amide bonds. The minimum Gasteiger partial charge on any atom is -0.493 e. The number of nitrogens with one attached hydrogen (secondary N) is 1. The van der Waals surface area contributed by atoms with Gasteiger partial charge in [-0.15, -0.1) is 0 Å². The smallest absolute Gasteiger partial charge is 0.254 e. The summed E-state index contributed by atoms with van der Waals surface area (Å²) in [6.07, 6.45) is 3.41. The number of furan rings is 1. The molecule has 1 fully saturated rings. The fourth-order valence-electron chi connectivity index (χ4n) is 3.64. The Bertz CT molecular complexity index is 767. The second-order valence-corrected chi connectivity index (χ2v) is 7.22. The van der Waals surface area contributed by atoms with E-state index in [0.717, 1.165) is 50.7 Å². The number of ether oxygens (including phenoxy) is 2. The number of hydrogen-bond donors (Lipinski definition) is 1. The summed E-state index contributed by atoms with van der Waals surface area (Å²) in [7, 11) is 0. The largest absolute Gasteiger partial charge is 0.493 e. The van der Waals surface area contributed by atoms with Crippen LogP contribution in [0.4, 0.5) is 0 Å². The molecule has 4 rings (SSSR count). The number of benzene rings is 1. The van der Waals surface area contributed by atoms with Gasteiger partial charge in [-0.3, -0.25) is 9.69 Å². The quantitative estimate of drug-likeness (QED) is 0.876. The van der Waals surface area contributed by atoms with Gasteiger partial charge in [-0.2, -0.15) is 0 Å². The topological polar surface area (TPSA) is 63.9 Å². The number of morpholine rings is 1. The molecule has 6 nitrogen and oxygen atoms in total. The van der Waals surface area contributed by atoms with Gasteiger partial charge >= 0.3 is 0 Å². The first-order chi connectivity index (χ1) is 13.3. The van der Waals surface area contributed by atoms with E-state index in [1.165, 1.54) is 5.56 Å². The summed E-state index contributed by atoms with van der Waals surface area (Å²) in [5.41, 5.74) is 1.80. The molecule has 1 atom stereocenters. The van der Waals surface area contributed by atoms with Crippen LogP contribution in [0, 0.1) is 5.92 Å². The Morgan fingerprint density at radius 2 is 2.04 bits per heavy atom. The number of nitrogens with zero attached hydrogens (tertiary/aromatic N) is 1. The van der Waals surface area contributed by atoms with Crippen LogP contribution in [0.5, 0.6) is 5.75 Å². The van der Waals surface area contributed by atoms with E-state index in [0.29, 0.717) is 31.2 Å². The van der Waals surface area contributed by atoms with Crippen LogP contribution in [0.25, 0.3) is 0 Å². The summed E-state index contributed by atoms with van der Waals surface area (Å²) < 4.78 is 16.7. The van der Waals surface area contributed by atoms with Crippen molar-refractivity contribution in [3.05, 3.63) is 53.5 Å². The molecule has 1 N–H and O–H groups in total. The predicted octanol–water partition coefficient (Wildman–Crippen LogP) is 2.48. The van der Waals surface area contributed by atoms with Crippen molar-refractivity contribution in [3.8, 4) is 5.75 Å². The van der Waals surface area contributed by atoms with Gasteiger partial charge in [0.05, 0.1) is 31.9 Å². The molecule has 0 aliphatic carbocycles. The lowest BCUT2D eigenvalue weighted by atomic mass is 9.97. The monoisotopic (exact) mass is 370 g/mol. The first kappa shape index (κ1) is 18.1. The first-order valence-corrected chi connectivity index (χ1v) is 9.64. The summed E-state index contributed by atoms with van der Waals surface area (Å²) in [4.78, 5) is 14.8. The molecule has 3 heterocycles. The standard InChI is InChI=1S/C21H26N2O4/c24-21(18-12-19(27-15-18)14-23-6-9-25-10-7-23)22-13-16-5-8-26-20-4-2-1-3-17(20)11-16/h1-4,12,15-16H,5-11,13-14H2,(H,22,24)/t16-/m0/s1. The second-order valence-electron chi connectivity index (χ2n) is 7.22. The van der Waals surface area contributed by atoms with Crippen molar-refractivity contribution >= 4 is 5.91 Å². The van der Waals surface area contributed by atoms with Crippen molar-refractivity contribution in [2.45, 2.75) is 19.4 Å². The van der Waals surface area contributed by atoms with Gasteiger partial charge in [-0.1, -0.05) is 18.2 Å². The molecule has 0 saturated carbocycles. The van der Waals surface area contributed by atoms with Crippen molar-refractivity contribution in [1.82, 2.24) is 10.2 Å². The highest BCUT2D eigenvalue weighted by molar-refractivity contribution is 5.93. The van der Waals surface area contributed by atoms with E-state index in [1.54, 1.807) is 6.26 Å². The Labute approximate surface area is 159 Å². The number of hydrogen-bond acceptors (Lipinski definition) is 5. The molecule has 0 radical (unpaired) electrons. The number of carbonyl (C=O) groups excluding carboxylic acids is 1. The van der Waals surface area contributed by atoms with E-state index in [9.17, 15) is 4.79 Å². The van der Waals surface area contributed by atoms with E-state index in [2.05, 4.69) is 16.3 Å². The fourth-order valence-corrected chi connectivity index (χ4v) is 3.64. The normalized spacial score (nSPS) is 20.4. The van der Waals surface area contributed by atoms with Crippen LogP contribution >= 0.6 is 0 Å². The van der Waals surface area contributed by atoms with Crippen LogP contribution in [0.2, 0.25) is 0 Å². The third-order valence-corrected chi connectivity index (χ3v) is 5.22. The zero-order chi connectivity index (χ0) is 18.5. The van der Waals surface area contributed by atoms with Gasteiger partial charge in [0.1, 0.15) is 17.8 Å². The van der Waals surface area contributed by atoms with Crippen LogP contribution in [0.1, 0.15) is 28.1 Å². The Morgan fingerprint density at radius 3 is 2.93 bits per heavy atom. The third kappa shape index (κ3) is 4.70. The highest BCUT2D eigenvalue weighted by atomic mass is 16.5. The van der Waals surface area contributed by atoms with Crippen LogP contribution in [0.3, 0.4) is 0 Å². The average Bonchev–Trinajstić information content (AvgIpc) is 3.06. The first-order valence-electron chi connectivity index (χ1n) is 9.64. The molecule has 0 bridgehead atoms. The van der Waals surface area contributed by atoms with Crippen molar-refractivity contribution < 1.29 is 18.7 Å². The third-order valence-electron chi connectivity index (χ3n) is 5.22. The molecule has 2 aromatic rings. The number of carbonyl (C=O) groups is 1. The Morgan fingerprint density at radius 1 is 1.19 bits per heavy atom. The maximum absolute atomic E-state index is 12.5. The summed E-state index contributed by atoms with van der Waals surface area (Å²) in [6, 6.07) is 9.98. The van der Waals surface area contributed by atoms with Gasteiger partial charge < -0.3 is 19.2 Å². The highest BCUT2D eigenvalue weighted by Crippen LogP contribution is 2.26. The van der Waals surface area contributed by atoms with Gasteiger partial charge in [0.25, 0.3) is 5.91 Å². The molecular formula is C21H26N2O4. The molecule has 1 aromatic carbocycles. The Hall–Kier alpha value is -2.31. The maximum atomic E-state index is 12.5. The van der Waals surface area contributed by atoms with Crippen LogP contribution < -0.4 is 10.1 Å². The van der Waals surface area contributed by atoms with Gasteiger partial charge in [0, 0.05) is 19.6 Å².